The van der Waals surface area contributed by atoms with Crippen LogP contribution in [-0.2, 0) is 0 Å². The van der Waals surface area contributed by atoms with E-state index in [2.05, 4.69) is 36.7 Å². The highest BCUT2D eigenvalue weighted by molar-refractivity contribution is 7.10. The van der Waals surface area contributed by atoms with Crippen LogP contribution in [0.2, 0.25) is 0 Å². The van der Waals surface area contributed by atoms with Crippen molar-refractivity contribution >= 4 is 11.3 Å². The molecular formula is C17H29NS. The van der Waals surface area contributed by atoms with E-state index in [1.54, 1.807) is 4.88 Å². The van der Waals surface area contributed by atoms with E-state index in [9.17, 15) is 0 Å². The smallest absolute Gasteiger partial charge is 0.0443 e. The maximum Gasteiger partial charge on any atom is 0.0443 e. The largest absolute Gasteiger partial charge is 0.309 e. The molecule has 0 aromatic carbocycles. The molecule has 0 radical (unpaired) electrons. The van der Waals surface area contributed by atoms with Crippen LogP contribution in [0.3, 0.4) is 0 Å². The maximum atomic E-state index is 3.72. The zero-order valence-electron chi connectivity index (χ0n) is 12.5. The van der Waals surface area contributed by atoms with Crippen molar-refractivity contribution in [1.82, 2.24) is 5.32 Å². The fourth-order valence-corrected chi connectivity index (χ4v) is 4.38. The Morgan fingerprint density at radius 1 is 1.26 bits per heavy atom. The summed E-state index contributed by atoms with van der Waals surface area (Å²) >= 11 is 1.92. The Morgan fingerprint density at radius 3 is 2.63 bits per heavy atom. The highest BCUT2D eigenvalue weighted by atomic mass is 32.1. The van der Waals surface area contributed by atoms with Gasteiger partial charge in [0.1, 0.15) is 0 Å². The van der Waals surface area contributed by atoms with Gasteiger partial charge in [0.25, 0.3) is 0 Å². The van der Waals surface area contributed by atoms with Crippen LogP contribution in [0.5, 0.6) is 0 Å². The number of nitrogens with one attached hydrogen (secondary N) is 1. The zero-order valence-corrected chi connectivity index (χ0v) is 13.3. The van der Waals surface area contributed by atoms with E-state index in [4.69, 9.17) is 0 Å². The van der Waals surface area contributed by atoms with Crippen molar-refractivity contribution in [3.8, 4) is 0 Å². The number of unbranched alkanes of at least 4 members (excludes halogenated alkanes) is 1. The fourth-order valence-electron chi connectivity index (χ4n) is 3.49. The van der Waals surface area contributed by atoms with E-state index in [0.717, 1.165) is 18.4 Å². The van der Waals surface area contributed by atoms with Crippen LogP contribution in [0.1, 0.15) is 69.7 Å². The Hall–Kier alpha value is -0.340. The standard InChI is InChI=1S/C17H29NS/c1-3-5-7-14-9-11-15(12-10-14)17(18-4-2)16-8-6-13-19-16/h6,8,13-15,17-18H,3-5,7,9-12H2,1-2H3. The predicted octanol–water partition coefficient (Wildman–Crippen LogP) is 5.40. The molecular weight excluding hydrogens is 250 g/mol. The Balaban J connectivity index is 1.87. The number of hydrogen-bond donors (Lipinski definition) is 1. The molecule has 2 rings (SSSR count). The normalized spacial score (nSPS) is 25.4. The lowest BCUT2D eigenvalue weighted by Crippen LogP contribution is -2.30. The van der Waals surface area contributed by atoms with E-state index in [1.807, 2.05) is 11.3 Å². The second-order valence-electron chi connectivity index (χ2n) is 5.97. The lowest BCUT2D eigenvalue weighted by molar-refractivity contribution is 0.216. The van der Waals surface area contributed by atoms with Gasteiger partial charge in [0.2, 0.25) is 0 Å². The molecule has 2 heteroatoms. The fraction of sp³-hybridized carbons (Fsp3) is 0.765. The minimum Gasteiger partial charge on any atom is -0.309 e. The van der Waals surface area contributed by atoms with Crippen molar-refractivity contribution in [2.24, 2.45) is 11.8 Å². The molecule has 19 heavy (non-hydrogen) atoms. The van der Waals surface area contributed by atoms with E-state index in [1.165, 1.54) is 44.9 Å². The Bertz CT molecular complexity index is 325. The Morgan fingerprint density at radius 2 is 2.05 bits per heavy atom. The van der Waals surface area contributed by atoms with Gasteiger partial charge in [-0.05, 0) is 42.7 Å². The number of thiophene rings is 1. The van der Waals surface area contributed by atoms with Crippen LogP contribution >= 0.6 is 11.3 Å². The number of rotatable bonds is 7. The van der Waals surface area contributed by atoms with Gasteiger partial charge in [0.05, 0.1) is 0 Å². The van der Waals surface area contributed by atoms with E-state index >= 15 is 0 Å². The molecule has 1 aromatic heterocycles. The number of hydrogen-bond acceptors (Lipinski definition) is 2. The highest BCUT2D eigenvalue weighted by Crippen LogP contribution is 2.39. The summed E-state index contributed by atoms with van der Waals surface area (Å²) in [7, 11) is 0. The van der Waals surface area contributed by atoms with Crippen molar-refractivity contribution < 1.29 is 0 Å². The lowest BCUT2D eigenvalue weighted by atomic mass is 9.76. The molecule has 1 fully saturated rings. The summed E-state index contributed by atoms with van der Waals surface area (Å²) in [6.45, 7) is 5.62. The molecule has 108 valence electrons. The third-order valence-electron chi connectivity index (χ3n) is 4.60. The highest BCUT2D eigenvalue weighted by Gasteiger charge is 2.28. The molecule has 0 amide bonds. The van der Waals surface area contributed by atoms with E-state index in [0.29, 0.717) is 6.04 Å². The molecule has 1 heterocycles. The van der Waals surface area contributed by atoms with Gasteiger partial charge in [0, 0.05) is 10.9 Å². The van der Waals surface area contributed by atoms with Gasteiger partial charge >= 0.3 is 0 Å². The van der Waals surface area contributed by atoms with Gasteiger partial charge in [0.15, 0.2) is 0 Å². The Labute approximate surface area is 122 Å². The molecule has 1 aliphatic rings. The molecule has 1 unspecified atom stereocenters. The van der Waals surface area contributed by atoms with Crippen molar-refractivity contribution in [2.75, 3.05) is 6.54 Å². The summed E-state index contributed by atoms with van der Waals surface area (Å²) in [4.78, 5) is 1.54. The van der Waals surface area contributed by atoms with Crippen molar-refractivity contribution in [2.45, 2.75) is 64.8 Å². The van der Waals surface area contributed by atoms with Crippen LogP contribution < -0.4 is 5.32 Å². The minimum absolute atomic E-state index is 0.608. The maximum absolute atomic E-state index is 3.72. The summed E-state index contributed by atoms with van der Waals surface area (Å²) in [6, 6.07) is 5.11. The van der Waals surface area contributed by atoms with Gasteiger partial charge < -0.3 is 5.32 Å². The first-order valence-electron chi connectivity index (χ1n) is 8.11. The topological polar surface area (TPSA) is 12.0 Å². The molecule has 0 bridgehead atoms. The van der Waals surface area contributed by atoms with Gasteiger partial charge in [-0.15, -0.1) is 11.3 Å². The summed E-state index contributed by atoms with van der Waals surface area (Å²) in [6.07, 6.45) is 10.0. The zero-order chi connectivity index (χ0) is 13.5. The quantitative estimate of drug-likeness (QED) is 0.705. The molecule has 1 aromatic rings. The average molecular weight is 279 g/mol. The first kappa shape index (κ1) is 15.1. The van der Waals surface area contributed by atoms with Crippen LogP contribution in [0.15, 0.2) is 17.5 Å². The Kier molecular flexibility index (Phi) is 6.39. The molecule has 1 nitrogen and oxygen atoms in total. The summed E-state index contributed by atoms with van der Waals surface area (Å²) < 4.78 is 0. The average Bonchev–Trinajstić information content (AvgIpc) is 2.97. The molecule has 1 aliphatic carbocycles. The molecule has 0 aliphatic heterocycles. The minimum atomic E-state index is 0.608. The summed E-state index contributed by atoms with van der Waals surface area (Å²) in [5.74, 6) is 1.87. The second-order valence-corrected chi connectivity index (χ2v) is 6.95. The molecule has 0 spiro atoms. The third kappa shape index (κ3) is 4.32. The SMILES string of the molecule is CCCCC1CCC(C(NCC)c2cccs2)CC1. The van der Waals surface area contributed by atoms with E-state index in [-0.39, 0.29) is 0 Å². The monoisotopic (exact) mass is 279 g/mol. The van der Waals surface area contributed by atoms with Crippen LogP contribution in [0.4, 0.5) is 0 Å². The van der Waals surface area contributed by atoms with Gasteiger partial charge in [-0.3, -0.25) is 0 Å². The van der Waals surface area contributed by atoms with Crippen molar-refractivity contribution in [3.05, 3.63) is 22.4 Å². The summed E-state index contributed by atoms with van der Waals surface area (Å²) in [5.41, 5.74) is 0. The van der Waals surface area contributed by atoms with E-state index < -0.39 is 0 Å². The van der Waals surface area contributed by atoms with Crippen LogP contribution in [0, 0.1) is 11.8 Å². The molecule has 0 saturated heterocycles. The first-order chi connectivity index (χ1) is 9.35. The third-order valence-corrected chi connectivity index (χ3v) is 5.56. The van der Waals surface area contributed by atoms with Crippen molar-refractivity contribution in [3.63, 3.8) is 0 Å². The second kappa shape index (κ2) is 8.06. The van der Waals surface area contributed by atoms with Crippen molar-refractivity contribution in [1.29, 1.82) is 0 Å². The first-order valence-corrected chi connectivity index (χ1v) is 8.99. The molecule has 1 saturated carbocycles. The molecule has 1 N–H and O–H groups in total. The predicted molar refractivity (Wildman–Crippen MR) is 85.7 cm³/mol. The van der Waals surface area contributed by atoms with Gasteiger partial charge in [-0.25, -0.2) is 0 Å². The van der Waals surface area contributed by atoms with Crippen LogP contribution in [-0.4, -0.2) is 6.54 Å². The van der Waals surface area contributed by atoms with Gasteiger partial charge in [-0.2, -0.15) is 0 Å². The molecule has 1 atom stereocenters. The van der Waals surface area contributed by atoms with Gasteiger partial charge in [-0.1, -0.05) is 52.0 Å². The lowest BCUT2D eigenvalue weighted by Gasteiger charge is -2.34. The van der Waals surface area contributed by atoms with Crippen LogP contribution in [0.25, 0.3) is 0 Å². The summed E-state index contributed by atoms with van der Waals surface area (Å²) in [5, 5.41) is 5.94.